The van der Waals surface area contributed by atoms with Crippen molar-refractivity contribution >= 4 is 6.09 Å². The van der Waals surface area contributed by atoms with E-state index in [1.165, 1.54) is 11.1 Å². The minimum atomic E-state index is -0.465. The van der Waals surface area contributed by atoms with Gasteiger partial charge < -0.3 is 14.5 Å². The summed E-state index contributed by atoms with van der Waals surface area (Å²) in [5.74, 6) is 0. The van der Waals surface area contributed by atoms with Crippen LogP contribution < -0.4 is 0 Å². The van der Waals surface area contributed by atoms with Gasteiger partial charge >= 0.3 is 6.09 Å². The largest absolute Gasteiger partial charge is 0.444 e. The van der Waals surface area contributed by atoms with E-state index in [2.05, 4.69) is 48.4 Å². The number of nitrogens with zero attached hydrogens (tertiary/aromatic N) is 4. The number of likely N-dealkylation sites (N-methyl/N-ethyl adjacent to an activating group) is 1. The van der Waals surface area contributed by atoms with Crippen molar-refractivity contribution in [1.29, 1.82) is 0 Å². The van der Waals surface area contributed by atoms with Gasteiger partial charge in [0.15, 0.2) is 0 Å². The fraction of sp³-hybridized carbons (Fsp3) is 0.565. The van der Waals surface area contributed by atoms with E-state index in [-0.39, 0.29) is 11.5 Å². The number of likely N-dealkylation sites (tertiary alicyclic amines) is 1. The Bertz CT molecular complexity index is 843. The van der Waals surface area contributed by atoms with Gasteiger partial charge in [-0.1, -0.05) is 24.3 Å². The van der Waals surface area contributed by atoms with Crippen molar-refractivity contribution in [2.75, 3.05) is 33.7 Å². The maximum Gasteiger partial charge on any atom is 0.410 e. The summed E-state index contributed by atoms with van der Waals surface area (Å²) in [6, 6.07) is 8.80. The summed E-state index contributed by atoms with van der Waals surface area (Å²) in [5.41, 5.74) is 3.19. The molecule has 158 valence electrons. The first-order valence-corrected chi connectivity index (χ1v) is 10.3. The van der Waals surface area contributed by atoms with Gasteiger partial charge in [0.05, 0.1) is 6.20 Å². The Labute approximate surface area is 174 Å². The van der Waals surface area contributed by atoms with Crippen LogP contribution in [0.15, 0.2) is 36.7 Å². The first-order chi connectivity index (χ1) is 13.6. The Balaban J connectivity index is 1.83. The van der Waals surface area contributed by atoms with E-state index < -0.39 is 5.60 Å². The van der Waals surface area contributed by atoms with Crippen LogP contribution in [0.25, 0.3) is 11.1 Å². The Morgan fingerprint density at radius 1 is 1.21 bits per heavy atom. The molecule has 0 N–H and O–H groups in total. The second-order valence-corrected chi connectivity index (χ2v) is 9.47. The van der Waals surface area contributed by atoms with Crippen molar-refractivity contribution in [3.8, 4) is 11.1 Å². The fourth-order valence-electron chi connectivity index (χ4n) is 4.19. The lowest BCUT2D eigenvalue weighted by Crippen LogP contribution is -2.50. The highest BCUT2D eigenvalue weighted by Gasteiger charge is 2.39. The zero-order valence-corrected chi connectivity index (χ0v) is 18.6. The number of aryl methyl sites for hydroxylation is 1. The van der Waals surface area contributed by atoms with Crippen LogP contribution in [0.2, 0.25) is 0 Å². The number of carbonyl (C=O) groups is 1. The van der Waals surface area contributed by atoms with Crippen molar-refractivity contribution in [3.63, 3.8) is 0 Å². The first kappa shape index (κ1) is 21.4. The Hall–Kier alpha value is -2.34. The predicted molar refractivity (Wildman–Crippen MR) is 116 cm³/mol. The molecule has 2 aromatic rings. The number of piperidine rings is 1. The van der Waals surface area contributed by atoms with Crippen LogP contribution in [-0.2, 0) is 17.2 Å². The van der Waals surface area contributed by atoms with E-state index in [4.69, 9.17) is 4.74 Å². The van der Waals surface area contributed by atoms with E-state index in [0.29, 0.717) is 13.1 Å². The number of aromatic nitrogens is 2. The lowest BCUT2D eigenvalue weighted by molar-refractivity contribution is 0.0150. The molecule has 1 aliphatic rings. The molecular formula is C23H34N4O2. The SMILES string of the molecule is CN(C)CC1(c2cccc(-c3cnn(C)c3)c2)CCN(C(=O)OC(C)(C)C)CC1. The number of rotatable bonds is 4. The van der Waals surface area contributed by atoms with Gasteiger partial charge in [0.1, 0.15) is 5.60 Å². The van der Waals surface area contributed by atoms with Crippen LogP contribution in [0.1, 0.15) is 39.2 Å². The molecule has 0 radical (unpaired) electrons. The Kier molecular flexibility index (Phi) is 6.03. The zero-order valence-electron chi connectivity index (χ0n) is 18.6. The van der Waals surface area contributed by atoms with E-state index in [1.807, 2.05) is 49.8 Å². The second kappa shape index (κ2) is 8.19. The van der Waals surface area contributed by atoms with Crippen molar-refractivity contribution in [1.82, 2.24) is 19.6 Å². The second-order valence-electron chi connectivity index (χ2n) is 9.47. The third-order valence-corrected chi connectivity index (χ3v) is 5.50. The molecule has 3 rings (SSSR count). The molecule has 1 aromatic heterocycles. The third kappa shape index (κ3) is 5.18. The highest BCUT2D eigenvalue weighted by molar-refractivity contribution is 5.68. The van der Waals surface area contributed by atoms with Gasteiger partial charge in [-0.2, -0.15) is 5.10 Å². The number of amides is 1. The van der Waals surface area contributed by atoms with Gasteiger partial charge in [-0.25, -0.2) is 4.79 Å². The van der Waals surface area contributed by atoms with Crippen LogP contribution >= 0.6 is 0 Å². The first-order valence-electron chi connectivity index (χ1n) is 10.3. The summed E-state index contributed by atoms with van der Waals surface area (Å²) in [5, 5.41) is 4.31. The number of hydrogen-bond donors (Lipinski definition) is 0. The molecule has 1 fully saturated rings. The Morgan fingerprint density at radius 2 is 1.90 bits per heavy atom. The van der Waals surface area contributed by atoms with Crippen molar-refractivity contribution in [2.45, 2.75) is 44.6 Å². The van der Waals surface area contributed by atoms with Crippen LogP contribution in [0, 0.1) is 0 Å². The maximum absolute atomic E-state index is 12.5. The summed E-state index contributed by atoms with van der Waals surface area (Å²) >= 11 is 0. The summed E-state index contributed by atoms with van der Waals surface area (Å²) in [6.45, 7) is 8.10. The number of benzene rings is 1. The summed E-state index contributed by atoms with van der Waals surface area (Å²) in [4.78, 5) is 16.6. The van der Waals surface area contributed by atoms with Gasteiger partial charge in [-0.05, 0) is 58.8 Å². The van der Waals surface area contributed by atoms with Gasteiger partial charge in [-0.15, -0.1) is 0 Å². The summed E-state index contributed by atoms with van der Waals surface area (Å²) in [6.07, 6.45) is 5.58. The molecule has 6 heteroatoms. The van der Waals surface area contributed by atoms with E-state index in [1.54, 1.807) is 0 Å². The minimum Gasteiger partial charge on any atom is -0.444 e. The normalized spacial score (nSPS) is 16.9. The molecule has 2 heterocycles. The summed E-state index contributed by atoms with van der Waals surface area (Å²) in [7, 11) is 6.17. The quantitative estimate of drug-likeness (QED) is 0.783. The predicted octanol–water partition coefficient (Wildman–Crippen LogP) is 3.92. The molecule has 1 amide bonds. The van der Waals surface area contributed by atoms with Gasteiger partial charge in [0.25, 0.3) is 0 Å². The van der Waals surface area contributed by atoms with Crippen LogP contribution in [0.4, 0.5) is 4.79 Å². The molecule has 0 saturated carbocycles. The maximum atomic E-state index is 12.5. The van der Waals surface area contributed by atoms with Crippen molar-refractivity contribution < 1.29 is 9.53 Å². The third-order valence-electron chi connectivity index (χ3n) is 5.50. The lowest BCUT2D eigenvalue weighted by Gasteiger charge is -2.44. The number of ether oxygens (including phenoxy) is 1. The van der Waals surface area contributed by atoms with Gasteiger partial charge in [0.2, 0.25) is 0 Å². The fourth-order valence-corrected chi connectivity index (χ4v) is 4.19. The Morgan fingerprint density at radius 3 is 2.45 bits per heavy atom. The van der Waals surface area contributed by atoms with Crippen LogP contribution in [0.3, 0.4) is 0 Å². The lowest BCUT2D eigenvalue weighted by atomic mass is 9.72. The highest BCUT2D eigenvalue weighted by Crippen LogP contribution is 2.38. The van der Waals surface area contributed by atoms with Gasteiger partial charge in [-0.3, -0.25) is 4.68 Å². The van der Waals surface area contributed by atoms with Crippen LogP contribution in [0.5, 0.6) is 0 Å². The van der Waals surface area contributed by atoms with Crippen molar-refractivity contribution in [2.24, 2.45) is 7.05 Å². The molecule has 1 saturated heterocycles. The molecule has 0 spiro atoms. The molecule has 0 aliphatic carbocycles. The number of hydrogen-bond acceptors (Lipinski definition) is 4. The smallest absolute Gasteiger partial charge is 0.410 e. The van der Waals surface area contributed by atoms with Crippen LogP contribution in [-0.4, -0.2) is 65.0 Å². The van der Waals surface area contributed by atoms with Gasteiger partial charge in [0, 0.05) is 43.9 Å². The molecule has 29 heavy (non-hydrogen) atoms. The number of carbonyl (C=O) groups excluding carboxylic acids is 1. The van der Waals surface area contributed by atoms with Crippen molar-refractivity contribution in [3.05, 3.63) is 42.2 Å². The molecule has 0 atom stereocenters. The molecule has 1 aliphatic heterocycles. The summed E-state index contributed by atoms with van der Waals surface area (Å²) < 4.78 is 7.41. The van der Waals surface area contributed by atoms with E-state index in [0.717, 1.165) is 24.9 Å². The average Bonchev–Trinajstić information content (AvgIpc) is 3.07. The molecule has 1 aromatic carbocycles. The average molecular weight is 399 g/mol. The minimum absolute atomic E-state index is 0.0141. The molecule has 0 unspecified atom stereocenters. The van der Waals surface area contributed by atoms with E-state index >= 15 is 0 Å². The highest BCUT2D eigenvalue weighted by atomic mass is 16.6. The topological polar surface area (TPSA) is 50.6 Å². The molecular weight excluding hydrogens is 364 g/mol. The standard InChI is InChI=1S/C23H34N4O2/c1-22(2,3)29-21(28)27-12-10-23(11-13-27,17-25(4)5)20-9-7-8-18(14-20)19-15-24-26(6)16-19/h7-9,14-16H,10-13,17H2,1-6H3. The molecule has 0 bridgehead atoms. The zero-order chi connectivity index (χ0) is 21.2. The monoisotopic (exact) mass is 398 g/mol. The molecule has 6 nitrogen and oxygen atoms in total. The van der Waals surface area contributed by atoms with E-state index in [9.17, 15) is 4.79 Å².